The van der Waals surface area contributed by atoms with E-state index in [-0.39, 0.29) is 0 Å². The molecule has 186 valence electrons. The Morgan fingerprint density at radius 3 is 2.24 bits per heavy atom. The number of rotatable bonds is 4. The highest BCUT2D eigenvalue weighted by molar-refractivity contribution is 7.07. The van der Waals surface area contributed by atoms with E-state index in [1.54, 1.807) is 11.0 Å². The number of anilines is 1. The summed E-state index contributed by atoms with van der Waals surface area (Å²) in [6.07, 6.45) is 1.70. The molecule has 2 heterocycles. The highest BCUT2D eigenvalue weighted by atomic mass is 32.1. The maximum Gasteiger partial charge on any atom is 0.348 e. The highest BCUT2D eigenvalue weighted by Crippen LogP contribution is 2.22. The molecule has 1 N–H and O–H groups in total. The molecule has 0 saturated heterocycles. The van der Waals surface area contributed by atoms with Crippen LogP contribution < -0.4 is 10.1 Å². The minimum absolute atomic E-state index is 0.424. The van der Waals surface area contributed by atoms with Crippen LogP contribution in [-0.2, 0) is 0 Å². The maximum atomic E-state index is 12.8. The summed E-state index contributed by atoms with van der Waals surface area (Å²) in [5.74, 6) is 0.613. The van der Waals surface area contributed by atoms with Crippen molar-refractivity contribution in [2.75, 3.05) is 5.32 Å². The van der Waals surface area contributed by atoms with E-state index >= 15 is 0 Å². The van der Waals surface area contributed by atoms with Gasteiger partial charge in [-0.25, -0.2) is 14.5 Å². The zero-order chi connectivity index (χ0) is 26.1. The molecule has 3 aromatic carbocycles. The van der Waals surface area contributed by atoms with Gasteiger partial charge < -0.3 is 5.32 Å². The van der Waals surface area contributed by atoms with Crippen molar-refractivity contribution in [2.45, 2.75) is 34.6 Å². The van der Waals surface area contributed by atoms with Crippen LogP contribution in [0.25, 0.3) is 22.8 Å². The number of aryl methyl sites for hydroxylation is 5. The van der Waals surface area contributed by atoms with Crippen molar-refractivity contribution in [3.8, 4) is 22.8 Å². The lowest BCUT2D eigenvalue weighted by molar-refractivity contribution is 0.259. The molecule has 0 atom stereocenters. The topological polar surface area (TPSA) is 77.1 Å². The van der Waals surface area contributed by atoms with Gasteiger partial charge in [-0.15, -0.1) is 16.4 Å². The number of nitrogens with zero attached hydrogens (tertiary/aromatic N) is 5. The Balaban J connectivity index is 1.35. The number of aromatic nitrogens is 4. The maximum absolute atomic E-state index is 12.8. The largest absolute Gasteiger partial charge is 0.348 e. The van der Waals surface area contributed by atoms with E-state index in [1.807, 2.05) is 65.4 Å². The van der Waals surface area contributed by atoms with Gasteiger partial charge in [0, 0.05) is 22.3 Å². The second-order valence-corrected chi connectivity index (χ2v) is 10.0. The molecule has 2 aromatic heterocycles. The first-order chi connectivity index (χ1) is 17.8. The molecule has 0 fully saturated rings. The average molecular weight is 509 g/mol. The molecule has 0 bridgehead atoms. The average Bonchev–Trinajstić information content (AvgIpc) is 3.48. The fourth-order valence-electron chi connectivity index (χ4n) is 4.43. The van der Waals surface area contributed by atoms with Gasteiger partial charge in [-0.05, 0) is 82.1 Å². The Morgan fingerprint density at radius 2 is 1.57 bits per heavy atom. The molecule has 0 aliphatic carbocycles. The van der Waals surface area contributed by atoms with Crippen LogP contribution in [0.5, 0.6) is 0 Å². The molecule has 0 unspecified atom stereocenters. The number of thiazole rings is 1. The van der Waals surface area contributed by atoms with Crippen LogP contribution in [-0.4, -0.2) is 25.4 Å². The molecule has 37 heavy (non-hydrogen) atoms. The molecule has 5 aromatic rings. The second kappa shape index (κ2) is 9.99. The lowest BCUT2D eigenvalue weighted by Crippen LogP contribution is -2.20. The van der Waals surface area contributed by atoms with E-state index in [9.17, 15) is 4.79 Å². The third-order valence-electron chi connectivity index (χ3n) is 6.12. The standard InChI is InChI=1S/C29H28N6OS/c1-18-6-12-25(13-7-18)34-17-30-27(33-34)23-8-10-24(11-9-23)31-28(36)32-29-35(22(5)16-37-29)26-20(3)14-19(2)15-21(26)4/h6-17H,1-5H3,(H,31,36). The number of benzene rings is 3. The first-order valence-corrected chi connectivity index (χ1v) is 12.9. The summed E-state index contributed by atoms with van der Waals surface area (Å²) in [6.45, 7) is 10.3. The molecule has 0 saturated carbocycles. The number of urea groups is 1. The second-order valence-electron chi connectivity index (χ2n) is 9.21. The highest BCUT2D eigenvalue weighted by Gasteiger charge is 2.12. The van der Waals surface area contributed by atoms with Gasteiger partial charge in [0.2, 0.25) is 0 Å². The van der Waals surface area contributed by atoms with E-state index in [2.05, 4.69) is 60.2 Å². The molecule has 0 spiro atoms. The smallest absolute Gasteiger partial charge is 0.306 e. The summed E-state index contributed by atoms with van der Waals surface area (Å²) in [5, 5.41) is 9.48. The zero-order valence-corrected chi connectivity index (χ0v) is 22.3. The Bertz CT molecular complexity index is 1630. The number of carbonyl (C=O) groups is 1. The number of nitrogens with one attached hydrogen (secondary N) is 1. The Hall–Kier alpha value is -4.30. The van der Waals surface area contributed by atoms with Crippen molar-refractivity contribution < 1.29 is 4.79 Å². The molecule has 5 rings (SSSR count). The molecule has 0 aliphatic heterocycles. The summed E-state index contributed by atoms with van der Waals surface area (Å²) in [7, 11) is 0. The summed E-state index contributed by atoms with van der Waals surface area (Å²) < 4.78 is 3.80. The lowest BCUT2D eigenvalue weighted by atomic mass is 10.0. The summed E-state index contributed by atoms with van der Waals surface area (Å²) >= 11 is 1.45. The van der Waals surface area contributed by atoms with Gasteiger partial charge in [-0.3, -0.25) is 4.57 Å². The van der Waals surface area contributed by atoms with Gasteiger partial charge in [-0.2, -0.15) is 4.99 Å². The van der Waals surface area contributed by atoms with Crippen molar-refractivity contribution >= 4 is 23.1 Å². The SMILES string of the molecule is Cc1ccc(-n2cnc(-c3ccc(NC(=O)N=c4scc(C)n4-c4c(C)cc(C)cc4C)cc3)n2)cc1. The van der Waals surface area contributed by atoms with Gasteiger partial charge in [0.25, 0.3) is 0 Å². The van der Waals surface area contributed by atoms with E-state index in [4.69, 9.17) is 0 Å². The van der Waals surface area contributed by atoms with Crippen molar-refractivity contribution in [1.82, 2.24) is 19.3 Å². The fourth-order valence-corrected chi connectivity index (χ4v) is 5.28. The molecule has 0 radical (unpaired) electrons. The minimum atomic E-state index is -0.424. The van der Waals surface area contributed by atoms with Crippen LogP contribution in [0, 0.1) is 34.6 Å². The Labute approximate surface area is 219 Å². The monoisotopic (exact) mass is 508 g/mol. The van der Waals surface area contributed by atoms with Crippen LogP contribution in [0.3, 0.4) is 0 Å². The minimum Gasteiger partial charge on any atom is -0.306 e. The van der Waals surface area contributed by atoms with E-state index < -0.39 is 6.03 Å². The van der Waals surface area contributed by atoms with Crippen molar-refractivity contribution in [1.29, 1.82) is 0 Å². The van der Waals surface area contributed by atoms with Crippen molar-refractivity contribution in [2.24, 2.45) is 4.99 Å². The number of carbonyl (C=O) groups excluding carboxylic acids is 1. The van der Waals surface area contributed by atoms with Crippen molar-refractivity contribution in [3.05, 3.63) is 105 Å². The van der Waals surface area contributed by atoms with Crippen LogP contribution >= 0.6 is 11.3 Å². The third-order valence-corrected chi connectivity index (χ3v) is 7.06. The number of hydrogen-bond acceptors (Lipinski definition) is 4. The molecular formula is C29H28N6OS. The summed E-state index contributed by atoms with van der Waals surface area (Å²) in [5.41, 5.74) is 9.26. The Kier molecular flexibility index (Phi) is 6.58. The van der Waals surface area contributed by atoms with Crippen molar-refractivity contribution in [3.63, 3.8) is 0 Å². The summed E-state index contributed by atoms with van der Waals surface area (Å²) in [4.78, 5) is 22.3. The van der Waals surface area contributed by atoms with Crippen LogP contribution in [0.15, 0.2) is 77.4 Å². The van der Waals surface area contributed by atoms with E-state index in [0.29, 0.717) is 16.3 Å². The van der Waals surface area contributed by atoms with Gasteiger partial charge in [0.15, 0.2) is 10.6 Å². The van der Waals surface area contributed by atoms with Gasteiger partial charge in [0.1, 0.15) is 6.33 Å². The normalized spacial score (nSPS) is 11.6. The zero-order valence-electron chi connectivity index (χ0n) is 21.5. The molecule has 0 aliphatic rings. The molecular weight excluding hydrogens is 480 g/mol. The van der Waals surface area contributed by atoms with Gasteiger partial charge >= 0.3 is 6.03 Å². The first-order valence-electron chi connectivity index (χ1n) is 12.0. The van der Waals surface area contributed by atoms with Crippen LogP contribution in [0.2, 0.25) is 0 Å². The van der Waals surface area contributed by atoms with Crippen LogP contribution in [0.4, 0.5) is 10.5 Å². The summed E-state index contributed by atoms with van der Waals surface area (Å²) in [6, 6.07) is 19.4. The quantitative estimate of drug-likeness (QED) is 0.303. The van der Waals surface area contributed by atoms with Gasteiger partial charge in [0.05, 0.1) is 11.4 Å². The molecule has 7 nitrogen and oxygen atoms in total. The third kappa shape index (κ3) is 5.15. The van der Waals surface area contributed by atoms with Crippen LogP contribution in [0.1, 0.15) is 27.9 Å². The molecule has 2 amide bonds. The fraction of sp³-hybridized carbons (Fsp3) is 0.172. The first kappa shape index (κ1) is 24.4. The lowest BCUT2D eigenvalue weighted by Gasteiger charge is -2.14. The van der Waals surface area contributed by atoms with Gasteiger partial charge in [-0.1, -0.05) is 35.4 Å². The predicted molar refractivity (Wildman–Crippen MR) is 149 cm³/mol. The number of hydrogen-bond donors (Lipinski definition) is 1. The van der Waals surface area contributed by atoms with E-state index in [1.165, 1.54) is 22.5 Å². The Morgan fingerprint density at radius 1 is 0.892 bits per heavy atom. The number of amides is 2. The predicted octanol–water partition coefficient (Wildman–Crippen LogP) is 6.46. The van der Waals surface area contributed by atoms with E-state index in [0.717, 1.165) is 33.8 Å². The molecule has 8 heteroatoms.